The van der Waals surface area contributed by atoms with Crippen LogP contribution in [0.1, 0.15) is 34.1 Å². The van der Waals surface area contributed by atoms with Gasteiger partial charge in [0, 0.05) is 4.88 Å². The molecule has 2 amide bonds. The van der Waals surface area contributed by atoms with Crippen LogP contribution in [0.25, 0.3) is 10.2 Å². The number of thiophene rings is 1. The second-order valence-corrected chi connectivity index (χ2v) is 10.1. The minimum atomic E-state index is -0.994. The number of esters is 1. The highest BCUT2D eigenvalue weighted by molar-refractivity contribution is 8.01. The first-order valence-corrected chi connectivity index (χ1v) is 12.0. The quantitative estimate of drug-likeness (QED) is 0.411. The summed E-state index contributed by atoms with van der Waals surface area (Å²) < 4.78 is 7.07. The van der Waals surface area contributed by atoms with Crippen LogP contribution in [0.2, 0.25) is 0 Å². The summed E-state index contributed by atoms with van der Waals surface area (Å²) in [6, 6.07) is 7.75. The van der Waals surface area contributed by atoms with Gasteiger partial charge in [0.05, 0.1) is 21.5 Å². The Morgan fingerprint density at radius 2 is 2.07 bits per heavy atom. The molecule has 0 saturated carbocycles. The van der Waals surface area contributed by atoms with Crippen molar-refractivity contribution in [3.8, 4) is 0 Å². The molecule has 1 atom stereocenters. The molecule has 2 heterocycles. The van der Waals surface area contributed by atoms with Gasteiger partial charge in [-0.1, -0.05) is 23.9 Å². The maximum Gasteiger partial charge on any atom is 0.317 e. The lowest BCUT2D eigenvalue weighted by atomic mass is 10.1. The van der Waals surface area contributed by atoms with Crippen molar-refractivity contribution in [2.45, 2.75) is 36.6 Å². The van der Waals surface area contributed by atoms with Gasteiger partial charge >= 0.3 is 5.97 Å². The Morgan fingerprint density at radius 3 is 2.83 bits per heavy atom. The first-order chi connectivity index (χ1) is 14.4. The molecular weight excluding hydrogens is 442 g/mol. The van der Waals surface area contributed by atoms with E-state index in [-0.39, 0.29) is 5.75 Å². The number of nitrogens with one attached hydrogen (secondary N) is 1. The lowest BCUT2D eigenvalue weighted by Gasteiger charge is -2.13. The van der Waals surface area contributed by atoms with Crippen LogP contribution < -0.4 is 11.1 Å². The van der Waals surface area contributed by atoms with E-state index >= 15 is 0 Å². The number of aryl methyl sites for hydroxylation is 1. The molecule has 156 valence electrons. The van der Waals surface area contributed by atoms with Crippen molar-refractivity contribution in [2.75, 3.05) is 11.1 Å². The maximum atomic E-state index is 12.5. The molecule has 1 unspecified atom stereocenters. The van der Waals surface area contributed by atoms with Crippen molar-refractivity contribution in [2.24, 2.45) is 5.73 Å². The lowest BCUT2D eigenvalue weighted by Crippen LogP contribution is -2.31. The van der Waals surface area contributed by atoms with Crippen LogP contribution in [0.3, 0.4) is 0 Å². The van der Waals surface area contributed by atoms with Crippen molar-refractivity contribution < 1.29 is 19.1 Å². The highest BCUT2D eigenvalue weighted by Crippen LogP contribution is 2.39. The number of amides is 2. The number of thioether (sulfide) groups is 1. The number of ether oxygens (including phenoxy) is 1. The summed E-state index contributed by atoms with van der Waals surface area (Å²) in [5.74, 6) is -1.50. The monoisotopic (exact) mass is 461 g/mol. The highest BCUT2D eigenvalue weighted by atomic mass is 32.2. The number of para-hydroxylation sites is 1. The standard InChI is InChI=1S/C20H19N3O4S3/c1-10(18(26)23-19-16(17(21)25)11-5-4-8-13(11)29-19)27-15(24)9-28-20-22-12-6-2-3-7-14(12)30-20/h2-3,6-7,10H,4-5,8-9H2,1H3,(H2,21,25)(H,23,26). The van der Waals surface area contributed by atoms with Crippen molar-refractivity contribution in [3.63, 3.8) is 0 Å². The maximum absolute atomic E-state index is 12.5. The van der Waals surface area contributed by atoms with E-state index in [0.717, 1.165) is 44.3 Å². The van der Waals surface area contributed by atoms with Gasteiger partial charge in [0.25, 0.3) is 11.8 Å². The number of rotatable bonds is 7. The average Bonchev–Trinajstić information content (AvgIpc) is 3.39. The molecule has 3 aromatic rings. The Hall–Kier alpha value is -2.43. The van der Waals surface area contributed by atoms with Crippen LogP contribution >= 0.6 is 34.4 Å². The van der Waals surface area contributed by atoms with E-state index < -0.39 is 23.9 Å². The molecule has 30 heavy (non-hydrogen) atoms. The fourth-order valence-electron chi connectivity index (χ4n) is 3.28. The third-order valence-corrected chi connectivity index (χ3v) is 8.03. The predicted molar refractivity (Wildman–Crippen MR) is 119 cm³/mol. The van der Waals surface area contributed by atoms with Crippen LogP contribution in [0, 0.1) is 0 Å². The van der Waals surface area contributed by atoms with Crippen LogP contribution in [0.15, 0.2) is 28.6 Å². The zero-order valence-corrected chi connectivity index (χ0v) is 18.5. The molecule has 1 aromatic carbocycles. The average molecular weight is 462 g/mol. The minimum Gasteiger partial charge on any atom is -0.452 e. The molecule has 7 nitrogen and oxygen atoms in total. The summed E-state index contributed by atoms with van der Waals surface area (Å²) in [5, 5.41) is 3.14. The van der Waals surface area contributed by atoms with E-state index in [2.05, 4.69) is 10.3 Å². The van der Waals surface area contributed by atoms with Crippen molar-refractivity contribution in [3.05, 3.63) is 40.3 Å². The molecule has 1 aliphatic rings. The molecule has 3 N–H and O–H groups in total. The third-order valence-electron chi connectivity index (χ3n) is 4.67. The van der Waals surface area contributed by atoms with Gasteiger partial charge in [0.2, 0.25) is 0 Å². The van der Waals surface area contributed by atoms with E-state index in [9.17, 15) is 14.4 Å². The van der Waals surface area contributed by atoms with Crippen LogP contribution in [0.5, 0.6) is 0 Å². The SMILES string of the molecule is CC(OC(=O)CSc1nc2ccccc2s1)C(=O)Nc1sc2c(c1C(N)=O)CCC2. The molecule has 0 radical (unpaired) electrons. The van der Waals surface area contributed by atoms with Crippen LogP contribution in [-0.2, 0) is 27.2 Å². The Morgan fingerprint density at radius 1 is 1.27 bits per heavy atom. The van der Waals surface area contributed by atoms with Gasteiger partial charge in [-0.25, -0.2) is 4.98 Å². The number of fused-ring (bicyclic) bond motifs is 2. The van der Waals surface area contributed by atoms with Gasteiger partial charge in [-0.05, 0) is 43.9 Å². The fraction of sp³-hybridized carbons (Fsp3) is 0.300. The number of benzene rings is 1. The number of primary amides is 1. The number of hydrogen-bond acceptors (Lipinski definition) is 8. The largest absolute Gasteiger partial charge is 0.452 e. The molecular formula is C20H19N3O4S3. The zero-order valence-electron chi connectivity index (χ0n) is 16.1. The minimum absolute atomic E-state index is 0.0529. The molecule has 10 heteroatoms. The normalized spacial score (nSPS) is 13.8. The molecule has 0 aliphatic heterocycles. The summed E-state index contributed by atoms with van der Waals surface area (Å²) in [6.07, 6.45) is 1.65. The summed E-state index contributed by atoms with van der Waals surface area (Å²) in [7, 11) is 0. The molecule has 2 aromatic heterocycles. The molecule has 4 rings (SSSR count). The van der Waals surface area contributed by atoms with Crippen molar-refractivity contribution in [1.29, 1.82) is 0 Å². The number of thiazole rings is 1. The van der Waals surface area contributed by atoms with Gasteiger partial charge in [-0.3, -0.25) is 14.4 Å². The Balaban J connectivity index is 1.33. The van der Waals surface area contributed by atoms with Gasteiger partial charge in [-0.15, -0.1) is 22.7 Å². The molecule has 0 bridgehead atoms. The van der Waals surface area contributed by atoms with E-state index in [1.165, 1.54) is 41.4 Å². The van der Waals surface area contributed by atoms with Gasteiger partial charge in [0.15, 0.2) is 10.4 Å². The zero-order chi connectivity index (χ0) is 21.3. The van der Waals surface area contributed by atoms with Crippen LogP contribution in [0.4, 0.5) is 5.00 Å². The first kappa shape index (κ1) is 20.8. The summed E-state index contributed by atoms with van der Waals surface area (Å²) in [5.41, 5.74) is 7.71. The van der Waals surface area contributed by atoms with Gasteiger partial charge in [-0.2, -0.15) is 0 Å². The topological polar surface area (TPSA) is 111 Å². The van der Waals surface area contributed by atoms with Crippen molar-refractivity contribution >= 4 is 67.4 Å². The van der Waals surface area contributed by atoms with E-state index in [0.29, 0.717) is 10.6 Å². The lowest BCUT2D eigenvalue weighted by molar-refractivity contribution is -0.150. The molecule has 0 spiro atoms. The first-order valence-electron chi connectivity index (χ1n) is 9.35. The second-order valence-electron chi connectivity index (χ2n) is 6.78. The van der Waals surface area contributed by atoms with E-state index in [1.54, 1.807) is 0 Å². The summed E-state index contributed by atoms with van der Waals surface area (Å²) >= 11 is 4.15. The third kappa shape index (κ3) is 4.35. The Kier molecular flexibility index (Phi) is 6.07. The molecule has 0 fully saturated rings. The number of carbonyl (C=O) groups is 3. The predicted octanol–water partition coefficient (Wildman–Crippen LogP) is 3.61. The smallest absolute Gasteiger partial charge is 0.317 e. The number of carbonyl (C=O) groups excluding carboxylic acids is 3. The van der Waals surface area contributed by atoms with Gasteiger partial charge in [0.1, 0.15) is 5.00 Å². The highest BCUT2D eigenvalue weighted by Gasteiger charge is 2.27. The molecule has 1 aliphatic carbocycles. The fourth-order valence-corrected chi connectivity index (χ4v) is 6.43. The van der Waals surface area contributed by atoms with E-state index in [1.807, 2.05) is 24.3 Å². The number of anilines is 1. The number of nitrogens with zero attached hydrogens (tertiary/aromatic N) is 1. The van der Waals surface area contributed by atoms with E-state index in [4.69, 9.17) is 10.5 Å². The second kappa shape index (κ2) is 8.75. The number of aromatic nitrogens is 1. The van der Waals surface area contributed by atoms with Crippen molar-refractivity contribution in [1.82, 2.24) is 4.98 Å². The Labute approximate surface area is 185 Å². The Bertz CT molecular complexity index is 1100. The molecule has 0 saturated heterocycles. The summed E-state index contributed by atoms with van der Waals surface area (Å²) in [4.78, 5) is 42.0. The van der Waals surface area contributed by atoms with Crippen LogP contribution in [-0.4, -0.2) is 34.6 Å². The number of nitrogens with two attached hydrogens (primary N) is 1. The van der Waals surface area contributed by atoms with Gasteiger partial charge < -0.3 is 15.8 Å². The summed E-state index contributed by atoms with van der Waals surface area (Å²) in [6.45, 7) is 1.50. The number of hydrogen-bond donors (Lipinski definition) is 2.